The van der Waals surface area contributed by atoms with Crippen LogP contribution in [0.3, 0.4) is 0 Å². The summed E-state index contributed by atoms with van der Waals surface area (Å²) in [5.74, 6) is 1.05. The standard InChI is InChI=1S/C26H33ClN4O3/c27-20-6-4-19(5-7-20)15-23-17-33-24(18-34-26(32)29-21-8-9-21)16-31(23)22-10-13-30(14-11-22)25-3-1-2-12-28-25/h1-7,12,21-24H,8-11,13-18H2,(H,29,32)/t23-,24+/m0/s1. The van der Waals surface area contributed by atoms with Crippen molar-refractivity contribution in [1.82, 2.24) is 15.2 Å². The summed E-state index contributed by atoms with van der Waals surface area (Å²) in [5.41, 5.74) is 1.26. The lowest BCUT2D eigenvalue weighted by Crippen LogP contribution is -2.58. The van der Waals surface area contributed by atoms with Gasteiger partial charge in [0.15, 0.2) is 0 Å². The fourth-order valence-electron chi connectivity index (χ4n) is 4.97. The van der Waals surface area contributed by atoms with Crippen LogP contribution < -0.4 is 10.2 Å². The summed E-state index contributed by atoms with van der Waals surface area (Å²) in [6.45, 7) is 3.65. The maximum absolute atomic E-state index is 12.0. The highest BCUT2D eigenvalue weighted by Crippen LogP contribution is 2.27. The number of benzene rings is 1. The molecule has 1 aliphatic carbocycles. The molecular formula is C26H33ClN4O3. The molecule has 5 rings (SSSR count). The summed E-state index contributed by atoms with van der Waals surface area (Å²) in [6.07, 6.45) is 6.57. The van der Waals surface area contributed by atoms with Crippen molar-refractivity contribution in [3.8, 4) is 0 Å². The molecule has 1 amide bonds. The van der Waals surface area contributed by atoms with Gasteiger partial charge in [0.25, 0.3) is 0 Å². The number of alkyl carbamates (subject to hydrolysis) is 1. The summed E-state index contributed by atoms with van der Waals surface area (Å²) in [5, 5.41) is 3.64. The Bertz CT molecular complexity index is 933. The van der Waals surface area contributed by atoms with Crippen LogP contribution in [-0.4, -0.2) is 73.1 Å². The molecule has 3 aliphatic rings. The van der Waals surface area contributed by atoms with Gasteiger partial charge in [0, 0.05) is 49.0 Å². The number of anilines is 1. The summed E-state index contributed by atoms with van der Waals surface area (Å²) < 4.78 is 11.7. The average Bonchev–Trinajstić information content (AvgIpc) is 3.69. The maximum Gasteiger partial charge on any atom is 0.407 e. The van der Waals surface area contributed by atoms with Crippen LogP contribution in [0.1, 0.15) is 31.2 Å². The smallest absolute Gasteiger partial charge is 0.407 e. The highest BCUT2D eigenvalue weighted by atomic mass is 35.5. The molecular weight excluding hydrogens is 452 g/mol. The lowest BCUT2D eigenvalue weighted by atomic mass is 9.96. The minimum atomic E-state index is -0.329. The first-order valence-corrected chi connectivity index (χ1v) is 12.7. The first-order chi connectivity index (χ1) is 16.6. The van der Waals surface area contributed by atoms with Gasteiger partial charge < -0.3 is 19.7 Å². The number of hydrogen-bond donors (Lipinski definition) is 1. The van der Waals surface area contributed by atoms with Crippen molar-refractivity contribution in [3.05, 3.63) is 59.2 Å². The molecule has 1 saturated carbocycles. The van der Waals surface area contributed by atoms with E-state index in [0.29, 0.717) is 18.7 Å². The van der Waals surface area contributed by atoms with Crippen LogP contribution in [0, 0.1) is 0 Å². The van der Waals surface area contributed by atoms with Crippen LogP contribution >= 0.6 is 11.6 Å². The maximum atomic E-state index is 12.0. The number of rotatable bonds is 7. The number of piperidine rings is 1. The molecule has 182 valence electrons. The Morgan fingerprint density at radius 2 is 1.91 bits per heavy atom. The van der Waals surface area contributed by atoms with E-state index < -0.39 is 0 Å². The molecule has 2 atom stereocenters. The Labute approximate surface area is 206 Å². The number of morpholine rings is 1. The number of hydrogen-bond acceptors (Lipinski definition) is 6. The van der Waals surface area contributed by atoms with Crippen molar-refractivity contribution < 1.29 is 14.3 Å². The van der Waals surface area contributed by atoms with Crippen LogP contribution in [0.15, 0.2) is 48.7 Å². The van der Waals surface area contributed by atoms with Gasteiger partial charge in [0.2, 0.25) is 0 Å². The zero-order chi connectivity index (χ0) is 23.3. The van der Waals surface area contributed by atoms with Gasteiger partial charge in [-0.1, -0.05) is 29.8 Å². The van der Waals surface area contributed by atoms with E-state index in [1.807, 2.05) is 30.5 Å². The van der Waals surface area contributed by atoms with E-state index in [0.717, 1.165) is 62.6 Å². The van der Waals surface area contributed by atoms with Crippen molar-refractivity contribution in [3.63, 3.8) is 0 Å². The number of carbonyl (C=O) groups excluding carboxylic acids is 1. The summed E-state index contributed by atoms with van der Waals surface area (Å²) in [6, 6.07) is 15.2. The normalized spacial score (nSPS) is 24.1. The number of nitrogens with zero attached hydrogens (tertiary/aromatic N) is 3. The lowest BCUT2D eigenvalue weighted by Gasteiger charge is -2.46. The van der Waals surface area contributed by atoms with Crippen molar-refractivity contribution in [1.29, 1.82) is 0 Å². The van der Waals surface area contributed by atoms with E-state index in [4.69, 9.17) is 21.1 Å². The van der Waals surface area contributed by atoms with Gasteiger partial charge in [0.1, 0.15) is 18.5 Å². The molecule has 2 aromatic rings. The Morgan fingerprint density at radius 1 is 1.12 bits per heavy atom. The molecule has 1 aromatic heterocycles. The first-order valence-electron chi connectivity index (χ1n) is 12.3. The molecule has 0 bridgehead atoms. The number of aromatic nitrogens is 1. The van der Waals surface area contributed by atoms with Gasteiger partial charge in [-0.3, -0.25) is 4.90 Å². The van der Waals surface area contributed by atoms with Gasteiger partial charge in [0.05, 0.1) is 6.61 Å². The number of amides is 1. The molecule has 2 saturated heterocycles. The van der Waals surface area contributed by atoms with E-state index in [-0.39, 0.29) is 24.8 Å². The van der Waals surface area contributed by atoms with E-state index in [2.05, 4.69) is 38.3 Å². The van der Waals surface area contributed by atoms with Gasteiger partial charge in [-0.15, -0.1) is 0 Å². The number of ether oxygens (including phenoxy) is 2. The predicted molar refractivity (Wildman–Crippen MR) is 132 cm³/mol. The zero-order valence-electron chi connectivity index (χ0n) is 19.4. The molecule has 0 unspecified atom stereocenters. The minimum absolute atomic E-state index is 0.111. The van der Waals surface area contributed by atoms with Crippen LogP contribution in [0.2, 0.25) is 5.02 Å². The van der Waals surface area contributed by atoms with Gasteiger partial charge in [-0.2, -0.15) is 0 Å². The van der Waals surface area contributed by atoms with E-state index >= 15 is 0 Å². The quantitative estimate of drug-likeness (QED) is 0.642. The zero-order valence-corrected chi connectivity index (χ0v) is 20.2. The predicted octanol–water partition coefficient (Wildman–Crippen LogP) is 3.90. The monoisotopic (exact) mass is 484 g/mol. The van der Waals surface area contributed by atoms with E-state index in [1.165, 1.54) is 5.56 Å². The van der Waals surface area contributed by atoms with Crippen LogP contribution in [0.5, 0.6) is 0 Å². The third-order valence-electron chi connectivity index (χ3n) is 7.00. The van der Waals surface area contributed by atoms with Crippen molar-refractivity contribution in [2.24, 2.45) is 0 Å². The van der Waals surface area contributed by atoms with Gasteiger partial charge in [-0.25, -0.2) is 9.78 Å². The fourth-order valence-corrected chi connectivity index (χ4v) is 5.09. The van der Waals surface area contributed by atoms with Crippen LogP contribution in [0.25, 0.3) is 0 Å². The molecule has 0 radical (unpaired) electrons. The SMILES string of the molecule is O=C(NC1CC1)OC[C@H]1CN(C2CCN(c3ccccn3)CC2)[C@@H](Cc2ccc(Cl)cc2)CO1. The average molecular weight is 485 g/mol. The molecule has 1 N–H and O–H groups in total. The molecule has 0 spiro atoms. The van der Waals surface area contributed by atoms with Crippen molar-refractivity contribution in [2.45, 2.75) is 56.3 Å². The molecule has 7 nitrogen and oxygen atoms in total. The molecule has 3 heterocycles. The third kappa shape index (κ3) is 6.20. The minimum Gasteiger partial charge on any atom is -0.447 e. The topological polar surface area (TPSA) is 66.9 Å². The van der Waals surface area contributed by atoms with Gasteiger partial charge in [-0.05, 0) is 61.9 Å². The highest BCUT2D eigenvalue weighted by molar-refractivity contribution is 6.30. The lowest BCUT2D eigenvalue weighted by molar-refractivity contribution is -0.0989. The van der Waals surface area contributed by atoms with Crippen molar-refractivity contribution in [2.75, 3.05) is 37.7 Å². The largest absolute Gasteiger partial charge is 0.447 e. The van der Waals surface area contributed by atoms with Gasteiger partial charge >= 0.3 is 6.09 Å². The number of nitrogens with one attached hydrogen (secondary N) is 1. The summed E-state index contributed by atoms with van der Waals surface area (Å²) in [4.78, 5) is 21.5. The Kier molecular flexibility index (Phi) is 7.52. The molecule has 8 heteroatoms. The van der Waals surface area contributed by atoms with Crippen LogP contribution in [-0.2, 0) is 15.9 Å². The Balaban J connectivity index is 1.22. The molecule has 2 aliphatic heterocycles. The molecule has 1 aromatic carbocycles. The molecule has 3 fully saturated rings. The second-order valence-electron chi connectivity index (χ2n) is 9.56. The number of pyridine rings is 1. The second kappa shape index (κ2) is 10.9. The highest BCUT2D eigenvalue weighted by Gasteiger charge is 2.36. The second-order valence-corrected chi connectivity index (χ2v) is 10.00. The molecule has 34 heavy (non-hydrogen) atoms. The number of carbonyl (C=O) groups is 1. The van der Waals surface area contributed by atoms with E-state index in [9.17, 15) is 4.79 Å². The van der Waals surface area contributed by atoms with Crippen LogP contribution in [0.4, 0.5) is 10.6 Å². The summed E-state index contributed by atoms with van der Waals surface area (Å²) >= 11 is 6.09. The first kappa shape index (κ1) is 23.4. The Hall–Kier alpha value is -2.35. The number of halogens is 1. The van der Waals surface area contributed by atoms with E-state index in [1.54, 1.807) is 0 Å². The fraction of sp³-hybridized carbons (Fsp3) is 0.538. The Morgan fingerprint density at radius 3 is 2.62 bits per heavy atom. The van der Waals surface area contributed by atoms with Crippen molar-refractivity contribution >= 4 is 23.5 Å². The summed E-state index contributed by atoms with van der Waals surface area (Å²) in [7, 11) is 0. The third-order valence-corrected chi connectivity index (χ3v) is 7.25.